The maximum Gasteiger partial charge on any atom is 0.278 e. The van der Waals surface area contributed by atoms with Gasteiger partial charge in [0.05, 0.1) is 9.85 Å². The molecule has 0 saturated carbocycles. The van der Waals surface area contributed by atoms with Gasteiger partial charge >= 0.3 is 0 Å². The largest absolute Gasteiger partial charge is 0.323 e. The van der Waals surface area contributed by atoms with E-state index in [1.54, 1.807) is 24.3 Å². The highest BCUT2D eigenvalue weighted by atomic mass is 32.2. The number of thioether (sulfide) groups is 1. The third-order valence-electron chi connectivity index (χ3n) is 6.31. The summed E-state index contributed by atoms with van der Waals surface area (Å²) >= 11 is 1.37. The molecule has 11 heteroatoms. The van der Waals surface area contributed by atoms with Gasteiger partial charge in [-0.2, -0.15) is 4.98 Å². The van der Waals surface area contributed by atoms with E-state index < -0.39 is 9.85 Å². The van der Waals surface area contributed by atoms with E-state index in [9.17, 15) is 25.0 Å². The number of rotatable bonds is 9. The number of hydrogen-bond donors (Lipinski definition) is 0. The molecule has 10 nitrogen and oxygen atoms in total. The topological polar surface area (TPSA) is 124 Å². The predicted molar refractivity (Wildman–Crippen MR) is 137 cm³/mol. The number of piperidine rings is 1. The summed E-state index contributed by atoms with van der Waals surface area (Å²) in [6, 6.07) is 12.6. The van der Waals surface area contributed by atoms with Gasteiger partial charge in [-0.05, 0) is 43.0 Å². The third-order valence-corrected chi connectivity index (χ3v) is 7.38. The summed E-state index contributed by atoms with van der Waals surface area (Å²) in [6.07, 6.45) is 4.05. The van der Waals surface area contributed by atoms with Crippen molar-refractivity contribution in [1.82, 2.24) is 14.5 Å². The number of benzene rings is 2. The van der Waals surface area contributed by atoms with Crippen molar-refractivity contribution >= 4 is 23.1 Å². The fourth-order valence-electron chi connectivity index (χ4n) is 4.10. The standard InChI is InChI=1S/C25H27N5O5S/c1-18-10-12-27(13-11-18)15-21-16-28(14-19-2-6-22(7-3-19)29(32)33)25(26-24(21)31)36-17-20-4-8-23(9-5-20)30(34)35/h2-9,16,18H,10-15,17H2,1H3. The zero-order valence-electron chi connectivity index (χ0n) is 19.9. The van der Waals surface area contributed by atoms with Crippen LogP contribution in [0, 0.1) is 26.1 Å². The lowest BCUT2D eigenvalue weighted by Crippen LogP contribution is -2.34. The molecule has 0 unspecified atom stereocenters. The molecular weight excluding hydrogens is 482 g/mol. The average Bonchev–Trinajstić information content (AvgIpc) is 2.87. The second-order valence-electron chi connectivity index (χ2n) is 9.08. The normalized spacial score (nSPS) is 14.6. The minimum absolute atomic E-state index is 0.0181. The summed E-state index contributed by atoms with van der Waals surface area (Å²) in [5, 5.41) is 22.4. The van der Waals surface area contributed by atoms with Crippen molar-refractivity contribution in [3.05, 3.63) is 102 Å². The Labute approximate surface area is 212 Å². The van der Waals surface area contributed by atoms with Crippen molar-refractivity contribution in [3.63, 3.8) is 0 Å². The van der Waals surface area contributed by atoms with Gasteiger partial charge in [0.15, 0.2) is 5.16 Å². The molecule has 188 valence electrons. The van der Waals surface area contributed by atoms with Crippen molar-refractivity contribution in [2.24, 2.45) is 5.92 Å². The van der Waals surface area contributed by atoms with Gasteiger partial charge in [-0.15, -0.1) is 0 Å². The van der Waals surface area contributed by atoms with Crippen LogP contribution in [0.3, 0.4) is 0 Å². The molecule has 0 bridgehead atoms. The molecule has 0 radical (unpaired) electrons. The molecule has 0 aliphatic carbocycles. The molecule has 0 atom stereocenters. The molecule has 1 fully saturated rings. The summed E-state index contributed by atoms with van der Waals surface area (Å²) < 4.78 is 1.90. The molecule has 1 aliphatic rings. The Bertz CT molecular complexity index is 1290. The number of aromatic nitrogens is 2. The van der Waals surface area contributed by atoms with Crippen molar-refractivity contribution < 1.29 is 9.85 Å². The molecule has 4 rings (SSSR count). The Morgan fingerprint density at radius 1 is 0.917 bits per heavy atom. The van der Waals surface area contributed by atoms with Crippen molar-refractivity contribution in [2.75, 3.05) is 13.1 Å². The second-order valence-corrected chi connectivity index (χ2v) is 10.0. The summed E-state index contributed by atoms with van der Waals surface area (Å²) in [4.78, 5) is 40.6. The van der Waals surface area contributed by atoms with Crippen LogP contribution in [0.15, 0.2) is 64.7 Å². The Kier molecular flexibility index (Phi) is 8.11. The molecule has 1 aliphatic heterocycles. The van der Waals surface area contributed by atoms with Crippen LogP contribution in [-0.4, -0.2) is 37.4 Å². The lowest BCUT2D eigenvalue weighted by atomic mass is 9.99. The van der Waals surface area contributed by atoms with Crippen molar-refractivity contribution in [3.8, 4) is 0 Å². The second kappa shape index (κ2) is 11.4. The molecule has 0 N–H and O–H groups in total. The van der Waals surface area contributed by atoms with Gasteiger partial charge in [0.2, 0.25) is 0 Å². The minimum Gasteiger partial charge on any atom is -0.323 e. The van der Waals surface area contributed by atoms with E-state index in [1.165, 1.54) is 36.0 Å². The van der Waals surface area contributed by atoms with Crippen LogP contribution in [-0.2, 0) is 18.8 Å². The van der Waals surface area contributed by atoms with Gasteiger partial charge < -0.3 is 4.57 Å². The van der Waals surface area contributed by atoms with Gasteiger partial charge in [-0.25, -0.2) is 0 Å². The molecule has 0 amide bonds. The SMILES string of the molecule is CC1CCN(Cc2cn(Cc3ccc([N+](=O)[O-])cc3)c(SCc3ccc([N+](=O)[O-])cc3)nc2=O)CC1. The van der Waals surface area contributed by atoms with E-state index in [1.807, 2.05) is 10.8 Å². The fourth-order valence-corrected chi connectivity index (χ4v) is 5.02. The number of non-ortho nitro benzene ring substituents is 2. The summed E-state index contributed by atoms with van der Waals surface area (Å²) in [6.45, 7) is 5.07. The van der Waals surface area contributed by atoms with Crippen LogP contribution < -0.4 is 5.56 Å². The Balaban J connectivity index is 1.58. The van der Waals surface area contributed by atoms with E-state index >= 15 is 0 Å². The molecule has 1 aromatic heterocycles. The number of likely N-dealkylation sites (tertiary alicyclic amines) is 1. The van der Waals surface area contributed by atoms with Crippen LogP contribution in [0.2, 0.25) is 0 Å². The Morgan fingerprint density at radius 2 is 1.47 bits per heavy atom. The molecule has 0 spiro atoms. The zero-order valence-corrected chi connectivity index (χ0v) is 20.7. The van der Waals surface area contributed by atoms with Gasteiger partial charge in [-0.3, -0.25) is 29.9 Å². The van der Waals surface area contributed by atoms with Crippen LogP contribution >= 0.6 is 11.8 Å². The van der Waals surface area contributed by atoms with Gasteiger partial charge in [-0.1, -0.05) is 43.0 Å². The number of nitro groups is 2. The maximum atomic E-state index is 12.9. The quantitative estimate of drug-likeness (QED) is 0.177. The first-order valence-corrected chi connectivity index (χ1v) is 12.7. The highest BCUT2D eigenvalue weighted by Crippen LogP contribution is 2.24. The summed E-state index contributed by atoms with van der Waals surface area (Å²) in [5.41, 5.74) is 2.11. The molecular formula is C25H27N5O5S. The lowest BCUT2D eigenvalue weighted by Gasteiger charge is -2.30. The summed E-state index contributed by atoms with van der Waals surface area (Å²) in [5.74, 6) is 1.17. The maximum absolute atomic E-state index is 12.9. The molecule has 3 aromatic rings. The first kappa shape index (κ1) is 25.5. The number of nitrogens with zero attached hydrogens (tertiary/aromatic N) is 5. The number of nitro benzene ring substituents is 2. The van der Waals surface area contributed by atoms with Crippen molar-refractivity contribution in [2.45, 2.75) is 43.8 Å². The Hall–Kier alpha value is -3.57. The van der Waals surface area contributed by atoms with Crippen molar-refractivity contribution in [1.29, 1.82) is 0 Å². The van der Waals surface area contributed by atoms with Crippen LogP contribution in [0.1, 0.15) is 36.5 Å². The van der Waals surface area contributed by atoms with E-state index in [-0.39, 0.29) is 16.9 Å². The molecule has 2 heterocycles. The Morgan fingerprint density at radius 3 is 2.03 bits per heavy atom. The van der Waals surface area contributed by atoms with Gasteiger partial charge in [0, 0.05) is 54.9 Å². The van der Waals surface area contributed by atoms with Gasteiger partial charge in [0.25, 0.3) is 16.9 Å². The van der Waals surface area contributed by atoms with E-state index in [0.29, 0.717) is 35.5 Å². The van der Waals surface area contributed by atoms with Crippen LogP contribution in [0.5, 0.6) is 0 Å². The molecule has 2 aromatic carbocycles. The van der Waals surface area contributed by atoms with E-state index in [0.717, 1.165) is 37.1 Å². The van der Waals surface area contributed by atoms with E-state index in [4.69, 9.17) is 0 Å². The molecule has 36 heavy (non-hydrogen) atoms. The minimum atomic E-state index is -0.442. The van der Waals surface area contributed by atoms with Gasteiger partial charge in [0.1, 0.15) is 0 Å². The van der Waals surface area contributed by atoms with E-state index in [2.05, 4.69) is 16.8 Å². The third kappa shape index (κ3) is 6.55. The zero-order chi connectivity index (χ0) is 25.7. The smallest absolute Gasteiger partial charge is 0.278 e. The lowest BCUT2D eigenvalue weighted by molar-refractivity contribution is -0.385. The monoisotopic (exact) mass is 509 g/mol. The average molecular weight is 510 g/mol. The number of hydrogen-bond acceptors (Lipinski definition) is 8. The first-order valence-electron chi connectivity index (χ1n) is 11.7. The highest BCUT2D eigenvalue weighted by molar-refractivity contribution is 7.98. The summed E-state index contributed by atoms with van der Waals surface area (Å²) in [7, 11) is 0. The van der Waals surface area contributed by atoms with Crippen LogP contribution in [0.25, 0.3) is 0 Å². The predicted octanol–water partition coefficient (Wildman–Crippen LogP) is 4.63. The fraction of sp³-hybridized carbons (Fsp3) is 0.360. The van der Waals surface area contributed by atoms with Crippen LogP contribution in [0.4, 0.5) is 11.4 Å². The first-order chi connectivity index (χ1) is 17.3. The highest BCUT2D eigenvalue weighted by Gasteiger charge is 2.19. The molecule has 1 saturated heterocycles.